The van der Waals surface area contributed by atoms with E-state index in [2.05, 4.69) is 59.7 Å². The number of aromatic nitrogens is 4. The van der Waals surface area contributed by atoms with Crippen molar-refractivity contribution in [3.8, 4) is 0 Å². The third-order valence-corrected chi connectivity index (χ3v) is 5.91. The van der Waals surface area contributed by atoms with Gasteiger partial charge >= 0.3 is 6.09 Å². The van der Waals surface area contributed by atoms with E-state index < -0.39 is 11.7 Å². The number of amides is 2. The second-order valence-electron chi connectivity index (χ2n) is 11.6. The lowest BCUT2D eigenvalue weighted by atomic mass is 10.0. The van der Waals surface area contributed by atoms with Crippen LogP contribution in [-0.2, 0) is 10.3 Å². The largest absolute Gasteiger partial charge is 0.444 e. The van der Waals surface area contributed by atoms with Gasteiger partial charge in [-0.25, -0.2) is 14.5 Å². The Kier molecular flexibility index (Phi) is 8.58. The summed E-state index contributed by atoms with van der Waals surface area (Å²) in [6.07, 6.45) is 6.66. The van der Waals surface area contributed by atoms with Crippen LogP contribution in [0.5, 0.6) is 0 Å². The van der Waals surface area contributed by atoms with Crippen molar-refractivity contribution in [2.75, 3.05) is 18.4 Å². The minimum Gasteiger partial charge on any atom is -0.444 e. The van der Waals surface area contributed by atoms with Crippen molar-refractivity contribution in [3.63, 3.8) is 0 Å². The summed E-state index contributed by atoms with van der Waals surface area (Å²) in [5.41, 5.74) is 0.544. The van der Waals surface area contributed by atoms with Gasteiger partial charge in [-0.1, -0.05) is 13.3 Å². The number of nitrogens with zero attached hydrogens (tertiary/aromatic N) is 4. The van der Waals surface area contributed by atoms with Crippen molar-refractivity contribution in [2.45, 2.75) is 91.2 Å². The van der Waals surface area contributed by atoms with E-state index in [0.29, 0.717) is 31.2 Å². The molecule has 2 heterocycles. The smallest absolute Gasteiger partial charge is 0.407 e. The van der Waals surface area contributed by atoms with Gasteiger partial charge in [0.1, 0.15) is 17.1 Å². The maximum atomic E-state index is 12.6. The average Bonchev–Trinajstić information content (AvgIpc) is 3.38. The zero-order valence-corrected chi connectivity index (χ0v) is 22.6. The monoisotopic (exact) mass is 499 g/mol. The average molecular weight is 500 g/mol. The van der Waals surface area contributed by atoms with E-state index in [1.165, 1.54) is 12.6 Å². The van der Waals surface area contributed by atoms with Crippen LogP contribution in [0.2, 0.25) is 0 Å². The first-order chi connectivity index (χ1) is 16.8. The van der Waals surface area contributed by atoms with Gasteiger partial charge in [-0.05, 0) is 66.7 Å². The summed E-state index contributed by atoms with van der Waals surface area (Å²) in [6.45, 7) is 14.8. The van der Waals surface area contributed by atoms with Gasteiger partial charge in [0.05, 0.1) is 23.6 Å². The molecule has 1 fully saturated rings. The molecule has 0 bridgehead atoms. The van der Waals surface area contributed by atoms with Gasteiger partial charge in [0.2, 0.25) is 0 Å². The Morgan fingerprint density at radius 3 is 2.44 bits per heavy atom. The number of alkyl carbamates (subject to hydrolysis) is 1. The van der Waals surface area contributed by atoms with E-state index >= 15 is 0 Å². The van der Waals surface area contributed by atoms with Crippen molar-refractivity contribution >= 4 is 23.6 Å². The van der Waals surface area contributed by atoms with Crippen LogP contribution < -0.4 is 16.0 Å². The third kappa shape index (κ3) is 7.93. The lowest BCUT2D eigenvalue weighted by molar-refractivity contribution is 0.0527. The van der Waals surface area contributed by atoms with Crippen LogP contribution in [-0.4, -0.2) is 50.4 Å². The van der Waals surface area contributed by atoms with E-state index in [4.69, 9.17) is 9.84 Å². The Hall–Kier alpha value is -3.17. The Morgan fingerprint density at radius 2 is 1.81 bits per heavy atom. The Bertz CT molecular complexity index is 1050. The summed E-state index contributed by atoms with van der Waals surface area (Å²) in [7, 11) is 0. The number of hydrogen-bond donors (Lipinski definition) is 3. The molecule has 2 atom stereocenters. The number of hydrogen-bond acceptors (Lipinski definition) is 7. The first-order valence-electron chi connectivity index (χ1n) is 12.8. The van der Waals surface area contributed by atoms with Crippen molar-refractivity contribution in [1.82, 2.24) is 30.4 Å². The van der Waals surface area contributed by atoms with E-state index in [1.54, 1.807) is 6.20 Å². The van der Waals surface area contributed by atoms with Crippen LogP contribution in [0, 0.1) is 5.92 Å². The fraction of sp³-hybridized carbons (Fsp3) is 0.654. The van der Waals surface area contributed by atoms with Crippen LogP contribution in [0.25, 0.3) is 0 Å². The predicted molar refractivity (Wildman–Crippen MR) is 139 cm³/mol. The molecule has 3 rings (SSSR count). The molecule has 10 heteroatoms. The molecule has 1 aliphatic rings. The number of anilines is 2. The summed E-state index contributed by atoms with van der Waals surface area (Å²) >= 11 is 0. The number of carbonyl (C=O) groups excluding carboxylic acids is 2. The number of carbonyl (C=O) groups is 2. The van der Waals surface area contributed by atoms with E-state index in [-0.39, 0.29) is 17.1 Å². The molecule has 198 valence electrons. The van der Waals surface area contributed by atoms with Gasteiger partial charge in [0.25, 0.3) is 5.91 Å². The lowest BCUT2D eigenvalue weighted by Gasteiger charge is -2.22. The molecule has 0 aliphatic heterocycles. The molecule has 0 spiro atoms. The summed E-state index contributed by atoms with van der Waals surface area (Å²) in [5.74, 6) is 2.17. The van der Waals surface area contributed by atoms with Gasteiger partial charge in [-0.15, -0.1) is 0 Å². The fourth-order valence-corrected chi connectivity index (χ4v) is 4.23. The van der Waals surface area contributed by atoms with Crippen molar-refractivity contribution in [2.24, 2.45) is 5.92 Å². The quantitative estimate of drug-likeness (QED) is 0.449. The standard InChI is InChI=1S/C26H41N7O3/c1-17-9-10-18(13-17)19-14-22(33(32-19)25(2,3)4)31-21-16-27-15-20(30-21)23(34)28-11-8-12-29-24(35)36-26(5,6)7/h14-18H,8-13H2,1-7H3,(H,28,34)(H,29,35)(H,30,31)/t17-,18-/m0/s1. The molecule has 0 aromatic carbocycles. The molecule has 1 aliphatic carbocycles. The Balaban J connectivity index is 1.58. The molecular weight excluding hydrogens is 458 g/mol. The predicted octanol–water partition coefficient (Wildman–Crippen LogP) is 4.72. The van der Waals surface area contributed by atoms with E-state index in [9.17, 15) is 9.59 Å². The Morgan fingerprint density at radius 1 is 1.08 bits per heavy atom. The third-order valence-electron chi connectivity index (χ3n) is 5.91. The van der Waals surface area contributed by atoms with Crippen molar-refractivity contribution < 1.29 is 14.3 Å². The number of rotatable bonds is 8. The molecule has 2 aromatic rings. The number of nitrogens with one attached hydrogen (secondary N) is 3. The van der Waals surface area contributed by atoms with Gasteiger partial charge in [0.15, 0.2) is 5.82 Å². The minimum atomic E-state index is -0.544. The summed E-state index contributed by atoms with van der Waals surface area (Å²) < 4.78 is 7.18. The number of ether oxygens (including phenoxy) is 1. The maximum absolute atomic E-state index is 12.6. The summed E-state index contributed by atoms with van der Waals surface area (Å²) in [6, 6.07) is 2.10. The highest BCUT2D eigenvalue weighted by Gasteiger charge is 2.28. The van der Waals surface area contributed by atoms with Gasteiger partial charge in [0, 0.05) is 25.1 Å². The van der Waals surface area contributed by atoms with Crippen LogP contribution in [0.4, 0.5) is 16.4 Å². The van der Waals surface area contributed by atoms with Crippen LogP contribution in [0.15, 0.2) is 18.5 Å². The Labute approximate surface area is 214 Å². The second-order valence-corrected chi connectivity index (χ2v) is 11.6. The fourth-order valence-electron chi connectivity index (χ4n) is 4.23. The second kappa shape index (κ2) is 11.3. The van der Waals surface area contributed by atoms with E-state index in [0.717, 1.165) is 30.3 Å². The molecule has 10 nitrogen and oxygen atoms in total. The minimum absolute atomic E-state index is 0.215. The highest BCUT2D eigenvalue weighted by atomic mass is 16.6. The highest BCUT2D eigenvalue weighted by Crippen LogP contribution is 2.39. The van der Waals surface area contributed by atoms with Crippen LogP contribution in [0.1, 0.15) is 96.2 Å². The van der Waals surface area contributed by atoms with Gasteiger partial charge in [-0.3, -0.25) is 9.78 Å². The molecule has 3 N–H and O–H groups in total. The van der Waals surface area contributed by atoms with Gasteiger partial charge < -0.3 is 20.7 Å². The molecule has 36 heavy (non-hydrogen) atoms. The van der Waals surface area contributed by atoms with Crippen molar-refractivity contribution in [1.29, 1.82) is 0 Å². The zero-order valence-electron chi connectivity index (χ0n) is 22.6. The van der Waals surface area contributed by atoms with Crippen LogP contribution in [0.3, 0.4) is 0 Å². The summed E-state index contributed by atoms with van der Waals surface area (Å²) in [4.78, 5) is 32.9. The zero-order chi connectivity index (χ0) is 26.5. The molecular formula is C26H41N7O3. The highest BCUT2D eigenvalue weighted by molar-refractivity contribution is 5.92. The van der Waals surface area contributed by atoms with E-state index in [1.807, 2.05) is 25.5 Å². The first-order valence-corrected chi connectivity index (χ1v) is 12.8. The lowest BCUT2D eigenvalue weighted by Crippen LogP contribution is -2.34. The SMILES string of the molecule is C[C@H]1CC[C@H](c2cc(Nc3cncc(C(=O)NCCCNC(=O)OC(C)(C)C)n3)n(C(C)(C)C)n2)C1. The maximum Gasteiger partial charge on any atom is 0.407 e. The molecule has 2 amide bonds. The first kappa shape index (κ1) is 27.4. The molecule has 0 unspecified atom stereocenters. The normalized spacial score (nSPS) is 18.1. The molecule has 1 saturated carbocycles. The summed E-state index contributed by atoms with van der Waals surface area (Å²) in [5, 5.41) is 13.7. The molecule has 0 radical (unpaired) electrons. The van der Waals surface area contributed by atoms with Gasteiger partial charge in [-0.2, -0.15) is 5.10 Å². The van der Waals surface area contributed by atoms with Crippen molar-refractivity contribution in [3.05, 3.63) is 29.8 Å². The molecule has 0 saturated heterocycles. The topological polar surface area (TPSA) is 123 Å². The molecule has 2 aromatic heterocycles. The van der Waals surface area contributed by atoms with Crippen LogP contribution >= 0.6 is 0 Å².